The highest BCUT2D eigenvalue weighted by molar-refractivity contribution is 7.13. The Hall–Kier alpha value is -1.75. The van der Waals surface area contributed by atoms with Gasteiger partial charge in [0.15, 0.2) is 5.69 Å². The Kier molecular flexibility index (Phi) is 3.19. The molecular weight excluding hydrogens is 241 g/mol. The number of nitrogens with zero attached hydrogens (tertiary/aromatic N) is 1. The molecule has 0 saturated heterocycles. The van der Waals surface area contributed by atoms with Crippen molar-refractivity contribution < 1.29 is 13.9 Å². The van der Waals surface area contributed by atoms with Crippen LogP contribution in [-0.4, -0.2) is 18.1 Å². The van der Waals surface area contributed by atoms with E-state index >= 15 is 0 Å². The van der Waals surface area contributed by atoms with Gasteiger partial charge in [-0.15, -0.1) is 11.3 Å². The predicted molar refractivity (Wildman–Crippen MR) is 63.6 cm³/mol. The van der Waals surface area contributed by atoms with Crippen molar-refractivity contribution in [2.45, 2.75) is 6.92 Å². The van der Waals surface area contributed by atoms with E-state index < -0.39 is 5.97 Å². The first-order valence-corrected chi connectivity index (χ1v) is 5.80. The molecule has 0 aliphatic heterocycles. The number of carbonyl (C=O) groups excluding carboxylic acids is 1. The van der Waals surface area contributed by atoms with Crippen LogP contribution in [-0.2, 0) is 4.74 Å². The minimum atomic E-state index is -0.485. The van der Waals surface area contributed by atoms with Crippen molar-refractivity contribution in [1.29, 1.82) is 0 Å². The number of thiazole rings is 1. The van der Waals surface area contributed by atoms with Crippen LogP contribution in [0.2, 0.25) is 0 Å². The Morgan fingerprint density at radius 2 is 2.24 bits per heavy atom. The lowest BCUT2D eigenvalue weighted by Gasteiger charge is -2.01. The van der Waals surface area contributed by atoms with Crippen molar-refractivity contribution in [3.8, 4) is 10.6 Å². The molecule has 0 atom stereocenters. The molecule has 2 aromatic rings. The summed E-state index contributed by atoms with van der Waals surface area (Å²) in [4.78, 5) is 15.4. The van der Waals surface area contributed by atoms with Crippen LogP contribution in [0.1, 0.15) is 16.1 Å². The molecule has 5 heteroatoms. The second-order valence-corrected chi connectivity index (χ2v) is 4.35. The van der Waals surface area contributed by atoms with Crippen LogP contribution in [0.25, 0.3) is 10.6 Å². The second-order valence-electron chi connectivity index (χ2n) is 3.49. The maximum absolute atomic E-state index is 13.1. The maximum Gasteiger partial charge on any atom is 0.357 e. The van der Waals surface area contributed by atoms with Gasteiger partial charge in [-0.2, -0.15) is 0 Å². The number of aryl methyl sites for hydroxylation is 1. The first kappa shape index (κ1) is 11.7. The fourth-order valence-electron chi connectivity index (χ4n) is 1.42. The van der Waals surface area contributed by atoms with E-state index in [2.05, 4.69) is 9.72 Å². The molecule has 0 amide bonds. The number of hydrogen-bond acceptors (Lipinski definition) is 4. The standard InChI is InChI=1S/C12H10FNO2S/c1-7-3-4-8(13)5-9(7)11-14-10(6-17-11)12(15)16-2/h3-6H,1-2H3. The second kappa shape index (κ2) is 4.63. The number of aromatic nitrogens is 1. The fourth-order valence-corrected chi connectivity index (χ4v) is 2.29. The summed E-state index contributed by atoms with van der Waals surface area (Å²) in [6.45, 7) is 1.87. The summed E-state index contributed by atoms with van der Waals surface area (Å²) >= 11 is 1.29. The average Bonchev–Trinajstić information content (AvgIpc) is 2.80. The Bertz CT molecular complexity index is 565. The van der Waals surface area contributed by atoms with Gasteiger partial charge in [-0.25, -0.2) is 14.2 Å². The van der Waals surface area contributed by atoms with E-state index in [-0.39, 0.29) is 11.5 Å². The van der Waals surface area contributed by atoms with E-state index in [0.717, 1.165) is 5.56 Å². The Labute approximate surface area is 102 Å². The number of esters is 1. The van der Waals surface area contributed by atoms with Crippen molar-refractivity contribution in [3.63, 3.8) is 0 Å². The lowest BCUT2D eigenvalue weighted by molar-refractivity contribution is 0.0595. The van der Waals surface area contributed by atoms with Crippen LogP contribution in [0.15, 0.2) is 23.6 Å². The number of methoxy groups -OCH3 is 1. The van der Waals surface area contributed by atoms with Gasteiger partial charge in [-0.3, -0.25) is 0 Å². The van der Waals surface area contributed by atoms with Crippen LogP contribution in [0.3, 0.4) is 0 Å². The summed E-state index contributed by atoms with van der Waals surface area (Å²) in [5.74, 6) is -0.804. The third kappa shape index (κ3) is 2.34. The molecule has 3 nitrogen and oxygen atoms in total. The van der Waals surface area contributed by atoms with Crippen molar-refractivity contribution in [2.24, 2.45) is 0 Å². The third-order valence-electron chi connectivity index (χ3n) is 2.33. The summed E-state index contributed by atoms with van der Waals surface area (Å²) in [6.07, 6.45) is 0. The molecular formula is C12H10FNO2S. The molecule has 88 valence electrons. The van der Waals surface area contributed by atoms with E-state index in [4.69, 9.17) is 0 Å². The van der Waals surface area contributed by atoms with Crippen molar-refractivity contribution in [2.75, 3.05) is 7.11 Å². The SMILES string of the molecule is COC(=O)c1csc(-c2cc(F)ccc2C)n1. The number of rotatable bonds is 2. The van der Waals surface area contributed by atoms with Gasteiger partial charge in [-0.1, -0.05) is 6.07 Å². The van der Waals surface area contributed by atoms with Gasteiger partial charge in [0.1, 0.15) is 10.8 Å². The molecule has 0 aliphatic rings. The van der Waals surface area contributed by atoms with E-state index in [1.165, 1.54) is 30.6 Å². The van der Waals surface area contributed by atoms with Gasteiger partial charge in [-0.05, 0) is 24.6 Å². The van der Waals surface area contributed by atoms with E-state index in [1.807, 2.05) is 6.92 Å². The molecule has 0 spiro atoms. The zero-order valence-corrected chi connectivity index (χ0v) is 10.2. The fraction of sp³-hybridized carbons (Fsp3) is 0.167. The summed E-state index contributed by atoms with van der Waals surface area (Å²) < 4.78 is 17.7. The monoisotopic (exact) mass is 251 g/mol. The van der Waals surface area contributed by atoms with Crippen LogP contribution >= 0.6 is 11.3 Å². The van der Waals surface area contributed by atoms with Gasteiger partial charge in [0, 0.05) is 10.9 Å². The lowest BCUT2D eigenvalue weighted by Crippen LogP contribution is -2.01. The molecule has 2 rings (SSSR count). The normalized spacial score (nSPS) is 10.3. The van der Waals surface area contributed by atoms with Gasteiger partial charge in [0.05, 0.1) is 7.11 Å². The first-order valence-electron chi connectivity index (χ1n) is 4.92. The first-order chi connectivity index (χ1) is 8.11. The smallest absolute Gasteiger partial charge is 0.357 e. The van der Waals surface area contributed by atoms with Gasteiger partial charge in [0.25, 0.3) is 0 Å². The summed E-state index contributed by atoms with van der Waals surface area (Å²) in [6, 6.07) is 4.49. The predicted octanol–water partition coefficient (Wildman–Crippen LogP) is 3.04. The topological polar surface area (TPSA) is 39.2 Å². The number of carbonyl (C=O) groups is 1. The van der Waals surface area contributed by atoms with E-state index in [9.17, 15) is 9.18 Å². The highest BCUT2D eigenvalue weighted by Gasteiger charge is 2.13. The number of hydrogen-bond donors (Lipinski definition) is 0. The van der Waals surface area contributed by atoms with Crippen molar-refractivity contribution >= 4 is 17.3 Å². The molecule has 0 saturated carbocycles. The van der Waals surface area contributed by atoms with Crippen molar-refractivity contribution in [1.82, 2.24) is 4.98 Å². The zero-order valence-electron chi connectivity index (χ0n) is 9.36. The number of halogens is 1. The molecule has 1 heterocycles. The minimum Gasteiger partial charge on any atom is -0.464 e. The van der Waals surface area contributed by atoms with Crippen LogP contribution < -0.4 is 0 Å². The Morgan fingerprint density at radius 3 is 2.94 bits per heavy atom. The molecule has 0 radical (unpaired) electrons. The summed E-state index contributed by atoms with van der Waals surface area (Å²) in [7, 11) is 1.30. The molecule has 17 heavy (non-hydrogen) atoms. The van der Waals surface area contributed by atoms with Crippen molar-refractivity contribution in [3.05, 3.63) is 40.7 Å². The van der Waals surface area contributed by atoms with E-state index in [0.29, 0.717) is 10.6 Å². The lowest BCUT2D eigenvalue weighted by atomic mass is 10.1. The minimum absolute atomic E-state index is 0.246. The maximum atomic E-state index is 13.1. The van der Waals surface area contributed by atoms with Crippen LogP contribution in [0.5, 0.6) is 0 Å². The number of benzene rings is 1. The molecule has 1 aromatic heterocycles. The summed E-state index contributed by atoms with van der Waals surface area (Å²) in [5, 5.41) is 2.22. The third-order valence-corrected chi connectivity index (χ3v) is 3.20. The molecule has 0 aliphatic carbocycles. The average molecular weight is 251 g/mol. The van der Waals surface area contributed by atoms with Crippen LogP contribution in [0.4, 0.5) is 4.39 Å². The molecule has 1 aromatic carbocycles. The Morgan fingerprint density at radius 1 is 1.47 bits per heavy atom. The Balaban J connectivity index is 2.43. The zero-order chi connectivity index (χ0) is 12.4. The largest absolute Gasteiger partial charge is 0.464 e. The highest BCUT2D eigenvalue weighted by atomic mass is 32.1. The molecule has 0 fully saturated rings. The highest BCUT2D eigenvalue weighted by Crippen LogP contribution is 2.27. The quantitative estimate of drug-likeness (QED) is 0.770. The van der Waals surface area contributed by atoms with Gasteiger partial charge < -0.3 is 4.74 Å². The molecule has 0 N–H and O–H groups in total. The van der Waals surface area contributed by atoms with Gasteiger partial charge in [0.2, 0.25) is 0 Å². The summed E-state index contributed by atoms with van der Waals surface area (Å²) in [5.41, 5.74) is 1.86. The van der Waals surface area contributed by atoms with Gasteiger partial charge >= 0.3 is 5.97 Å². The van der Waals surface area contributed by atoms with Crippen LogP contribution in [0, 0.1) is 12.7 Å². The molecule has 0 bridgehead atoms. The number of ether oxygens (including phenoxy) is 1. The van der Waals surface area contributed by atoms with E-state index in [1.54, 1.807) is 11.4 Å². The molecule has 0 unspecified atom stereocenters.